The lowest BCUT2D eigenvalue weighted by Crippen LogP contribution is -2.59. The number of para-hydroxylation sites is 2. The van der Waals surface area contributed by atoms with Crippen molar-refractivity contribution in [3.8, 4) is 11.5 Å². The zero-order valence-electron chi connectivity index (χ0n) is 18.5. The molecule has 3 aliphatic rings. The first kappa shape index (κ1) is 21.0. The lowest BCUT2D eigenvalue weighted by atomic mass is 9.89. The third kappa shape index (κ3) is 4.24. The number of aromatic nitrogens is 2. The van der Waals surface area contributed by atoms with Gasteiger partial charge < -0.3 is 24.0 Å². The van der Waals surface area contributed by atoms with Gasteiger partial charge in [-0.1, -0.05) is 25.5 Å². The molecule has 4 heterocycles. The Bertz CT molecular complexity index is 943. The summed E-state index contributed by atoms with van der Waals surface area (Å²) in [5.74, 6) is 2.06. The van der Waals surface area contributed by atoms with E-state index in [1.807, 2.05) is 41.6 Å². The van der Waals surface area contributed by atoms with Crippen molar-refractivity contribution >= 4 is 11.9 Å². The number of amides is 1. The Morgan fingerprint density at radius 2 is 1.88 bits per heavy atom. The fourth-order valence-electron chi connectivity index (χ4n) is 4.73. The molecule has 0 N–H and O–H groups in total. The van der Waals surface area contributed by atoms with Crippen molar-refractivity contribution in [3.63, 3.8) is 0 Å². The van der Waals surface area contributed by atoms with E-state index in [9.17, 15) is 4.79 Å². The van der Waals surface area contributed by atoms with Gasteiger partial charge in [-0.05, 0) is 37.0 Å². The monoisotopic (exact) mass is 438 g/mol. The van der Waals surface area contributed by atoms with Crippen LogP contribution in [0.3, 0.4) is 0 Å². The normalized spacial score (nSPS) is 22.1. The lowest BCUT2D eigenvalue weighted by molar-refractivity contribution is -0.148. The highest BCUT2D eigenvalue weighted by Gasteiger charge is 2.43. The molecule has 0 radical (unpaired) electrons. The molecule has 1 aromatic heterocycles. The molecular weight excluding hydrogens is 408 g/mol. The van der Waals surface area contributed by atoms with Crippen molar-refractivity contribution in [2.24, 2.45) is 0 Å². The summed E-state index contributed by atoms with van der Waals surface area (Å²) in [6, 6.07) is 7.47. The van der Waals surface area contributed by atoms with Gasteiger partial charge in [0.1, 0.15) is 6.61 Å². The summed E-state index contributed by atoms with van der Waals surface area (Å²) < 4.78 is 17.9. The van der Waals surface area contributed by atoms with Crippen molar-refractivity contribution in [2.45, 2.75) is 44.3 Å². The van der Waals surface area contributed by atoms with E-state index in [1.54, 1.807) is 0 Å². The van der Waals surface area contributed by atoms with Crippen LogP contribution in [0.25, 0.3) is 0 Å². The van der Waals surface area contributed by atoms with Gasteiger partial charge in [0, 0.05) is 32.0 Å². The average molecular weight is 439 g/mol. The molecule has 1 amide bonds. The van der Waals surface area contributed by atoms with E-state index in [1.165, 1.54) is 5.56 Å². The van der Waals surface area contributed by atoms with Crippen LogP contribution in [0.15, 0.2) is 36.7 Å². The number of nitrogens with zero attached hydrogens (tertiary/aromatic N) is 4. The fourth-order valence-corrected chi connectivity index (χ4v) is 4.73. The van der Waals surface area contributed by atoms with Crippen LogP contribution in [0.5, 0.6) is 11.5 Å². The topological polar surface area (TPSA) is 77.0 Å². The van der Waals surface area contributed by atoms with Crippen LogP contribution in [0.4, 0.5) is 5.95 Å². The Balaban J connectivity index is 1.19. The van der Waals surface area contributed by atoms with E-state index in [2.05, 4.69) is 21.8 Å². The first-order valence-corrected chi connectivity index (χ1v) is 11.5. The second-order valence-corrected chi connectivity index (χ2v) is 8.78. The number of hydrogen-bond donors (Lipinski definition) is 0. The number of likely N-dealkylation sites (tertiary alicyclic amines) is 1. The van der Waals surface area contributed by atoms with Crippen LogP contribution in [0, 0.1) is 0 Å². The van der Waals surface area contributed by atoms with E-state index in [0.29, 0.717) is 31.2 Å². The third-order valence-corrected chi connectivity index (χ3v) is 6.53. The SMILES string of the molecule is CCCc1cnc(N2CCOC3(CCN(C(=O)C4COc5ccccc5O4)CC3)C2)nc1. The van der Waals surface area contributed by atoms with Gasteiger partial charge >= 0.3 is 0 Å². The van der Waals surface area contributed by atoms with Gasteiger partial charge in [-0.15, -0.1) is 0 Å². The third-order valence-electron chi connectivity index (χ3n) is 6.53. The summed E-state index contributed by atoms with van der Waals surface area (Å²) in [5.41, 5.74) is 0.902. The van der Waals surface area contributed by atoms with E-state index in [4.69, 9.17) is 14.2 Å². The molecule has 1 aromatic carbocycles. The number of rotatable bonds is 4. The summed E-state index contributed by atoms with van der Waals surface area (Å²) in [6.07, 6.45) is 6.92. The molecule has 0 saturated carbocycles. The number of ether oxygens (including phenoxy) is 3. The zero-order chi connectivity index (χ0) is 22.0. The Morgan fingerprint density at radius 3 is 2.62 bits per heavy atom. The van der Waals surface area contributed by atoms with Crippen molar-refractivity contribution < 1.29 is 19.0 Å². The van der Waals surface area contributed by atoms with Crippen molar-refractivity contribution in [2.75, 3.05) is 44.3 Å². The summed E-state index contributed by atoms with van der Waals surface area (Å²) in [6.45, 7) is 5.86. The van der Waals surface area contributed by atoms with Gasteiger partial charge in [0.25, 0.3) is 5.91 Å². The van der Waals surface area contributed by atoms with Crippen LogP contribution in [0.2, 0.25) is 0 Å². The molecule has 2 aromatic rings. The van der Waals surface area contributed by atoms with E-state index in [0.717, 1.165) is 44.7 Å². The van der Waals surface area contributed by atoms with E-state index < -0.39 is 6.10 Å². The standard InChI is InChI=1S/C24H30N4O4/c1-2-5-18-14-25-23(26-15-18)28-12-13-31-24(17-28)8-10-27(11-9-24)22(29)21-16-30-19-6-3-4-7-20(19)32-21/h3-4,6-7,14-15,21H,2,5,8-13,16-17H2,1H3. The molecule has 170 valence electrons. The van der Waals surface area contributed by atoms with Crippen molar-refractivity contribution in [1.29, 1.82) is 0 Å². The summed E-state index contributed by atoms with van der Waals surface area (Å²) in [4.78, 5) is 26.3. The number of carbonyl (C=O) groups is 1. The molecular formula is C24H30N4O4. The maximum atomic E-state index is 13.1. The number of fused-ring (bicyclic) bond motifs is 1. The highest BCUT2D eigenvalue weighted by atomic mass is 16.6. The predicted molar refractivity (Wildman–Crippen MR) is 119 cm³/mol. The largest absolute Gasteiger partial charge is 0.485 e. The molecule has 2 fully saturated rings. The molecule has 2 saturated heterocycles. The first-order chi connectivity index (χ1) is 15.7. The second kappa shape index (κ2) is 8.94. The number of morpholine rings is 1. The number of anilines is 1. The maximum absolute atomic E-state index is 13.1. The zero-order valence-corrected chi connectivity index (χ0v) is 18.5. The van der Waals surface area contributed by atoms with Crippen LogP contribution in [-0.4, -0.2) is 71.9 Å². The molecule has 3 aliphatic heterocycles. The molecule has 8 heteroatoms. The first-order valence-electron chi connectivity index (χ1n) is 11.5. The van der Waals surface area contributed by atoms with Crippen LogP contribution < -0.4 is 14.4 Å². The van der Waals surface area contributed by atoms with Crippen LogP contribution in [0.1, 0.15) is 31.7 Å². The number of benzene rings is 1. The van der Waals surface area contributed by atoms with Crippen LogP contribution >= 0.6 is 0 Å². The quantitative estimate of drug-likeness (QED) is 0.726. The van der Waals surface area contributed by atoms with Gasteiger partial charge in [-0.2, -0.15) is 0 Å². The van der Waals surface area contributed by atoms with Gasteiger partial charge in [-0.3, -0.25) is 4.79 Å². The smallest absolute Gasteiger partial charge is 0.267 e. The van der Waals surface area contributed by atoms with Crippen molar-refractivity contribution in [3.05, 3.63) is 42.2 Å². The molecule has 1 spiro atoms. The van der Waals surface area contributed by atoms with E-state index >= 15 is 0 Å². The number of hydrogen-bond acceptors (Lipinski definition) is 7. The number of piperidine rings is 1. The number of carbonyl (C=O) groups excluding carboxylic acids is 1. The Labute approximate surface area is 188 Å². The second-order valence-electron chi connectivity index (χ2n) is 8.78. The molecule has 1 atom stereocenters. The predicted octanol–water partition coefficient (Wildman–Crippen LogP) is 2.47. The Morgan fingerprint density at radius 1 is 1.12 bits per heavy atom. The molecule has 32 heavy (non-hydrogen) atoms. The van der Waals surface area contributed by atoms with Gasteiger partial charge in [-0.25, -0.2) is 9.97 Å². The van der Waals surface area contributed by atoms with Gasteiger partial charge in [0.05, 0.1) is 18.8 Å². The molecule has 0 bridgehead atoms. The summed E-state index contributed by atoms with van der Waals surface area (Å²) in [5, 5.41) is 0. The van der Waals surface area contributed by atoms with E-state index in [-0.39, 0.29) is 18.1 Å². The van der Waals surface area contributed by atoms with Gasteiger partial charge in [0.2, 0.25) is 12.1 Å². The Hall–Kier alpha value is -2.87. The molecule has 5 rings (SSSR count). The fraction of sp³-hybridized carbons (Fsp3) is 0.542. The molecule has 1 unspecified atom stereocenters. The Kier molecular flexibility index (Phi) is 5.87. The lowest BCUT2D eigenvalue weighted by Gasteiger charge is -2.47. The summed E-state index contributed by atoms with van der Waals surface area (Å²) in [7, 11) is 0. The van der Waals surface area contributed by atoms with Crippen molar-refractivity contribution in [1.82, 2.24) is 14.9 Å². The minimum absolute atomic E-state index is 0.0168. The van der Waals surface area contributed by atoms with Gasteiger partial charge in [0.15, 0.2) is 11.5 Å². The molecule has 0 aliphatic carbocycles. The van der Waals surface area contributed by atoms with Crippen LogP contribution in [-0.2, 0) is 16.0 Å². The minimum atomic E-state index is -0.599. The number of aryl methyl sites for hydroxylation is 1. The highest BCUT2D eigenvalue weighted by molar-refractivity contribution is 5.82. The average Bonchev–Trinajstić information content (AvgIpc) is 2.84. The summed E-state index contributed by atoms with van der Waals surface area (Å²) >= 11 is 0. The maximum Gasteiger partial charge on any atom is 0.267 e. The molecule has 8 nitrogen and oxygen atoms in total. The minimum Gasteiger partial charge on any atom is -0.485 e. The highest BCUT2D eigenvalue weighted by Crippen LogP contribution is 2.34.